The van der Waals surface area contributed by atoms with Gasteiger partial charge in [0.1, 0.15) is 11.3 Å². The highest BCUT2D eigenvalue weighted by atomic mass is 35.5. The lowest BCUT2D eigenvalue weighted by Crippen LogP contribution is -2.36. The van der Waals surface area contributed by atoms with Gasteiger partial charge in [0.2, 0.25) is 0 Å². The quantitative estimate of drug-likeness (QED) is 0.567. The van der Waals surface area contributed by atoms with E-state index in [9.17, 15) is 14.4 Å². The smallest absolute Gasteiger partial charge is 0.261 e. The van der Waals surface area contributed by atoms with Gasteiger partial charge in [0.05, 0.1) is 22.5 Å². The Morgan fingerprint density at radius 3 is 2.26 bits per heavy atom. The Kier molecular flexibility index (Phi) is 5.73. The van der Waals surface area contributed by atoms with Gasteiger partial charge in [-0.3, -0.25) is 14.4 Å². The maximum atomic E-state index is 12.1. The summed E-state index contributed by atoms with van der Waals surface area (Å²) in [5, 5.41) is 5.59. The highest BCUT2D eigenvalue weighted by Crippen LogP contribution is 2.16. The zero-order chi connectivity index (χ0) is 19.2. The van der Waals surface area contributed by atoms with Crippen molar-refractivity contribution in [1.82, 2.24) is 15.6 Å². The third-order valence-corrected chi connectivity index (χ3v) is 4.08. The number of nitrogens with one attached hydrogen (secondary N) is 3. The van der Waals surface area contributed by atoms with Crippen molar-refractivity contribution >= 4 is 23.4 Å². The first-order valence-electron chi connectivity index (χ1n) is 8.14. The molecule has 1 aromatic carbocycles. The number of H-pyrrole nitrogens is 1. The fraction of sp³-hybridized carbons (Fsp3) is 0.105. The first-order chi connectivity index (χ1) is 13.1. The molecular weight excluding hydrogens is 370 g/mol. The Bertz CT molecular complexity index is 1010. The van der Waals surface area contributed by atoms with Gasteiger partial charge in [0.25, 0.3) is 17.4 Å². The predicted molar refractivity (Wildman–Crippen MR) is 101 cm³/mol. The Morgan fingerprint density at radius 2 is 1.63 bits per heavy atom. The Morgan fingerprint density at radius 1 is 0.926 bits per heavy atom. The summed E-state index contributed by atoms with van der Waals surface area (Å²) in [6.45, 7) is 0.354. The zero-order valence-corrected chi connectivity index (χ0v) is 14.9. The molecule has 0 radical (unpaired) electrons. The summed E-state index contributed by atoms with van der Waals surface area (Å²) in [5.41, 5.74) is 0.285. The molecule has 0 aliphatic heterocycles. The van der Waals surface area contributed by atoms with Gasteiger partial charge in [0, 0.05) is 13.1 Å². The van der Waals surface area contributed by atoms with E-state index in [0.717, 1.165) is 0 Å². The molecule has 0 bridgehead atoms. The van der Waals surface area contributed by atoms with E-state index in [1.54, 1.807) is 42.5 Å². The number of hydrogen-bond acceptors (Lipinski definition) is 4. The lowest BCUT2D eigenvalue weighted by atomic mass is 10.2. The third-order valence-electron chi connectivity index (χ3n) is 3.76. The Labute approximate surface area is 159 Å². The van der Waals surface area contributed by atoms with Crippen LogP contribution in [0.2, 0.25) is 5.02 Å². The summed E-state index contributed by atoms with van der Waals surface area (Å²) in [6.07, 6.45) is 1.49. The maximum absolute atomic E-state index is 12.1. The molecule has 138 valence electrons. The van der Waals surface area contributed by atoms with Crippen molar-refractivity contribution in [3.8, 4) is 11.5 Å². The number of halogens is 1. The monoisotopic (exact) mass is 385 g/mol. The molecule has 0 aliphatic carbocycles. The van der Waals surface area contributed by atoms with Crippen LogP contribution < -0.4 is 16.2 Å². The number of rotatable bonds is 6. The van der Waals surface area contributed by atoms with Crippen molar-refractivity contribution < 1.29 is 14.0 Å². The van der Waals surface area contributed by atoms with Gasteiger partial charge >= 0.3 is 0 Å². The number of benzene rings is 1. The fourth-order valence-corrected chi connectivity index (χ4v) is 2.64. The standard InChI is InChI=1S/C19H16ClN3O4/c20-14-5-2-1-4-12(14)17(24)21-9-10-22-18(25)13-7-8-15(23-19(13)26)16-6-3-11-27-16/h1-8,11H,9-10H2,(H,21,24)(H,22,25)(H,23,26). The van der Waals surface area contributed by atoms with Crippen LogP contribution in [0.3, 0.4) is 0 Å². The minimum atomic E-state index is -0.533. The number of carbonyl (C=O) groups excluding carboxylic acids is 2. The lowest BCUT2D eigenvalue weighted by molar-refractivity contribution is 0.0927. The van der Waals surface area contributed by atoms with E-state index in [1.807, 2.05) is 0 Å². The van der Waals surface area contributed by atoms with Crippen molar-refractivity contribution in [3.63, 3.8) is 0 Å². The number of furan rings is 1. The van der Waals surface area contributed by atoms with E-state index >= 15 is 0 Å². The van der Waals surface area contributed by atoms with Crippen LogP contribution in [0.4, 0.5) is 0 Å². The van der Waals surface area contributed by atoms with Crippen LogP contribution in [0.25, 0.3) is 11.5 Å². The van der Waals surface area contributed by atoms with E-state index in [0.29, 0.717) is 22.0 Å². The van der Waals surface area contributed by atoms with Crippen LogP contribution in [-0.2, 0) is 0 Å². The van der Waals surface area contributed by atoms with Gasteiger partial charge in [-0.25, -0.2) is 0 Å². The highest BCUT2D eigenvalue weighted by Gasteiger charge is 2.13. The van der Waals surface area contributed by atoms with Crippen molar-refractivity contribution in [1.29, 1.82) is 0 Å². The molecule has 2 heterocycles. The molecule has 0 spiro atoms. The Hall–Kier alpha value is -3.32. The fourth-order valence-electron chi connectivity index (χ4n) is 2.42. The molecule has 3 rings (SSSR count). The van der Waals surface area contributed by atoms with E-state index in [4.69, 9.17) is 16.0 Å². The molecule has 2 aromatic heterocycles. The third kappa shape index (κ3) is 4.45. The molecule has 2 amide bonds. The van der Waals surface area contributed by atoms with Crippen molar-refractivity contribution in [2.75, 3.05) is 13.1 Å². The molecule has 8 heteroatoms. The van der Waals surface area contributed by atoms with E-state index in [2.05, 4.69) is 15.6 Å². The SMILES string of the molecule is O=C(NCCNC(=O)c1ccc(-c2ccco2)[nH]c1=O)c1ccccc1Cl. The Balaban J connectivity index is 1.53. The summed E-state index contributed by atoms with van der Waals surface area (Å²) >= 11 is 5.95. The number of carbonyl (C=O) groups is 2. The summed E-state index contributed by atoms with van der Waals surface area (Å²) in [6, 6.07) is 13.1. The molecule has 7 nitrogen and oxygen atoms in total. The molecule has 3 N–H and O–H groups in total. The van der Waals surface area contributed by atoms with Crippen LogP contribution in [0.15, 0.2) is 64.0 Å². The minimum Gasteiger partial charge on any atom is -0.463 e. The first-order valence-corrected chi connectivity index (χ1v) is 8.52. The molecule has 0 unspecified atom stereocenters. The lowest BCUT2D eigenvalue weighted by Gasteiger charge is -2.08. The summed E-state index contributed by atoms with van der Waals surface area (Å²) < 4.78 is 5.20. The molecule has 3 aromatic rings. The van der Waals surface area contributed by atoms with E-state index < -0.39 is 11.5 Å². The highest BCUT2D eigenvalue weighted by molar-refractivity contribution is 6.33. The number of aromatic amines is 1. The second-order valence-corrected chi connectivity index (χ2v) is 5.99. The van der Waals surface area contributed by atoms with Gasteiger partial charge < -0.3 is 20.0 Å². The topological polar surface area (TPSA) is 104 Å². The van der Waals surface area contributed by atoms with Gasteiger partial charge in [-0.05, 0) is 36.4 Å². The number of amides is 2. The number of hydrogen-bond donors (Lipinski definition) is 3. The normalized spacial score (nSPS) is 10.4. The van der Waals surface area contributed by atoms with Gasteiger partial charge in [-0.2, -0.15) is 0 Å². The van der Waals surface area contributed by atoms with Crippen LogP contribution in [0.1, 0.15) is 20.7 Å². The van der Waals surface area contributed by atoms with Gasteiger partial charge in [-0.1, -0.05) is 23.7 Å². The summed E-state index contributed by atoms with van der Waals surface area (Å²) in [5.74, 6) is -0.369. The number of pyridine rings is 1. The van der Waals surface area contributed by atoms with Gasteiger partial charge in [0.15, 0.2) is 0 Å². The zero-order valence-electron chi connectivity index (χ0n) is 14.1. The van der Waals surface area contributed by atoms with Gasteiger partial charge in [-0.15, -0.1) is 0 Å². The van der Waals surface area contributed by atoms with Crippen LogP contribution in [0.5, 0.6) is 0 Å². The maximum Gasteiger partial charge on any atom is 0.261 e. The molecule has 0 aliphatic rings. The molecule has 27 heavy (non-hydrogen) atoms. The van der Waals surface area contributed by atoms with Crippen molar-refractivity contribution in [2.24, 2.45) is 0 Å². The minimum absolute atomic E-state index is 0.0252. The number of aromatic nitrogens is 1. The molecular formula is C19H16ClN3O4. The van der Waals surface area contributed by atoms with E-state index in [-0.39, 0.29) is 24.6 Å². The molecule has 0 saturated heterocycles. The first kappa shape index (κ1) is 18.5. The van der Waals surface area contributed by atoms with E-state index in [1.165, 1.54) is 12.3 Å². The summed E-state index contributed by atoms with van der Waals surface area (Å²) in [4.78, 5) is 38.9. The predicted octanol–water partition coefficient (Wildman–Crippen LogP) is 2.45. The largest absolute Gasteiger partial charge is 0.463 e. The molecule has 0 atom stereocenters. The summed E-state index contributed by atoms with van der Waals surface area (Å²) in [7, 11) is 0. The molecule has 0 fully saturated rings. The second kappa shape index (κ2) is 8.37. The second-order valence-electron chi connectivity index (χ2n) is 5.58. The average Bonchev–Trinajstić information content (AvgIpc) is 3.20. The van der Waals surface area contributed by atoms with Crippen molar-refractivity contribution in [3.05, 3.63) is 81.3 Å². The molecule has 0 saturated carbocycles. The average molecular weight is 386 g/mol. The van der Waals surface area contributed by atoms with Crippen LogP contribution in [0, 0.1) is 0 Å². The van der Waals surface area contributed by atoms with Crippen LogP contribution in [-0.4, -0.2) is 29.9 Å². The van der Waals surface area contributed by atoms with Crippen molar-refractivity contribution in [2.45, 2.75) is 0 Å². The van der Waals surface area contributed by atoms with Crippen LogP contribution >= 0.6 is 11.6 Å².